The number of aryl methyl sites for hydroxylation is 1. The summed E-state index contributed by atoms with van der Waals surface area (Å²) in [5.74, 6) is 1.75. The highest BCUT2D eigenvalue weighted by molar-refractivity contribution is 5.67. The molecule has 0 radical (unpaired) electrons. The fourth-order valence-electron chi connectivity index (χ4n) is 3.65. The van der Waals surface area contributed by atoms with Gasteiger partial charge in [-0.05, 0) is 25.8 Å². The molecule has 5 aromatic rings. The lowest BCUT2D eigenvalue weighted by Gasteiger charge is -2.16. The second kappa shape index (κ2) is 9.04. The maximum Gasteiger partial charge on any atom is 0.232 e. The SMILES string of the molecule is Cc1cnc(N[C@@H](C)Cc2ccccc2)nc1Nc1nc(-c2ccccc2)cc2ncnn12. The Morgan fingerprint density at radius 1 is 0.939 bits per heavy atom. The summed E-state index contributed by atoms with van der Waals surface area (Å²) in [5.41, 5.74) is 4.67. The number of fused-ring (bicyclic) bond motifs is 1. The first-order valence-corrected chi connectivity index (χ1v) is 10.8. The van der Waals surface area contributed by atoms with Gasteiger partial charge in [0.15, 0.2) is 5.65 Å². The summed E-state index contributed by atoms with van der Waals surface area (Å²) in [6, 6.07) is 22.4. The number of nitrogens with zero attached hydrogens (tertiary/aromatic N) is 6. The van der Waals surface area contributed by atoms with E-state index in [0.717, 1.165) is 23.2 Å². The zero-order valence-corrected chi connectivity index (χ0v) is 18.5. The van der Waals surface area contributed by atoms with E-state index in [1.807, 2.05) is 61.5 Å². The van der Waals surface area contributed by atoms with Gasteiger partial charge in [0, 0.05) is 29.4 Å². The van der Waals surface area contributed by atoms with E-state index in [0.29, 0.717) is 23.4 Å². The molecular formula is C25H24N8. The fourth-order valence-corrected chi connectivity index (χ4v) is 3.65. The Labute approximate surface area is 191 Å². The summed E-state index contributed by atoms with van der Waals surface area (Å²) in [6.07, 6.45) is 4.19. The van der Waals surface area contributed by atoms with Crippen LogP contribution in [0, 0.1) is 6.92 Å². The average molecular weight is 437 g/mol. The maximum atomic E-state index is 4.79. The minimum Gasteiger partial charge on any atom is -0.351 e. The van der Waals surface area contributed by atoms with Crippen molar-refractivity contribution >= 4 is 23.4 Å². The molecule has 8 nitrogen and oxygen atoms in total. The van der Waals surface area contributed by atoms with Gasteiger partial charge in [-0.2, -0.15) is 14.6 Å². The second-order valence-corrected chi connectivity index (χ2v) is 7.95. The molecule has 0 amide bonds. The van der Waals surface area contributed by atoms with Crippen LogP contribution >= 0.6 is 0 Å². The van der Waals surface area contributed by atoms with Crippen molar-refractivity contribution in [3.05, 3.63) is 90.4 Å². The van der Waals surface area contributed by atoms with Crippen LogP contribution in [0.25, 0.3) is 16.9 Å². The number of benzene rings is 2. The minimum absolute atomic E-state index is 0.171. The summed E-state index contributed by atoms with van der Waals surface area (Å²) in [7, 11) is 0. The molecule has 3 aromatic heterocycles. The molecule has 0 saturated heterocycles. The fraction of sp³-hybridized carbons (Fsp3) is 0.160. The van der Waals surface area contributed by atoms with Crippen LogP contribution in [0.1, 0.15) is 18.1 Å². The van der Waals surface area contributed by atoms with E-state index < -0.39 is 0 Å². The molecule has 2 N–H and O–H groups in total. The third-order valence-electron chi connectivity index (χ3n) is 5.30. The van der Waals surface area contributed by atoms with Crippen LogP contribution in [0.3, 0.4) is 0 Å². The summed E-state index contributed by atoms with van der Waals surface area (Å²) >= 11 is 0. The monoisotopic (exact) mass is 436 g/mol. The van der Waals surface area contributed by atoms with Gasteiger partial charge in [-0.25, -0.2) is 15.0 Å². The molecule has 0 aliphatic carbocycles. The zero-order chi connectivity index (χ0) is 22.6. The topological polar surface area (TPSA) is 92.9 Å². The molecule has 0 bridgehead atoms. The first-order chi connectivity index (χ1) is 16.2. The molecular weight excluding hydrogens is 412 g/mol. The van der Waals surface area contributed by atoms with Crippen molar-refractivity contribution in [2.24, 2.45) is 0 Å². The van der Waals surface area contributed by atoms with Crippen LogP contribution in [0.15, 0.2) is 79.3 Å². The lowest BCUT2D eigenvalue weighted by molar-refractivity contribution is 0.777. The first-order valence-electron chi connectivity index (χ1n) is 10.8. The van der Waals surface area contributed by atoms with Crippen molar-refractivity contribution in [1.82, 2.24) is 29.5 Å². The van der Waals surface area contributed by atoms with Crippen LogP contribution < -0.4 is 10.6 Å². The molecule has 0 spiro atoms. The summed E-state index contributed by atoms with van der Waals surface area (Å²) in [4.78, 5) is 18.3. The predicted molar refractivity (Wildman–Crippen MR) is 130 cm³/mol. The van der Waals surface area contributed by atoms with Crippen molar-refractivity contribution < 1.29 is 0 Å². The van der Waals surface area contributed by atoms with Crippen molar-refractivity contribution in [3.63, 3.8) is 0 Å². The van der Waals surface area contributed by atoms with E-state index in [1.54, 1.807) is 10.7 Å². The molecule has 0 aliphatic heterocycles. The zero-order valence-electron chi connectivity index (χ0n) is 18.5. The van der Waals surface area contributed by atoms with Crippen molar-refractivity contribution in [3.8, 4) is 11.3 Å². The van der Waals surface area contributed by atoms with Gasteiger partial charge in [0.2, 0.25) is 11.9 Å². The molecule has 164 valence electrons. The number of hydrogen-bond donors (Lipinski definition) is 2. The lowest BCUT2D eigenvalue weighted by atomic mass is 10.1. The number of anilines is 3. The standard InChI is InChI=1S/C25H24N8/c1-17-15-26-24(29-18(2)13-19-9-5-3-6-10-19)31-23(17)32-25-30-21(20-11-7-4-8-12-20)14-22-27-16-28-33(22)25/h3-12,14-16,18H,13H2,1-2H3,(H2,26,29,30,31,32)/t18-/m0/s1. The Hall–Kier alpha value is -4.33. The molecule has 5 rings (SSSR count). The molecule has 33 heavy (non-hydrogen) atoms. The highest BCUT2D eigenvalue weighted by Gasteiger charge is 2.13. The number of rotatable bonds is 7. The predicted octanol–water partition coefficient (Wildman–Crippen LogP) is 4.68. The van der Waals surface area contributed by atoms with Crippen LogP contribution in [0.4, 0.5) is 17.7 Å². The minimum atomic E-state index is 0.171. The number of hydrogen-bond acceptors (Lipinski definition) is 7. The van der Waals surface area contributed by atoms with Crippen LogP contribution in [-0.2, 0) is 6.42 Å². The van der Waals surface area contributed by atoms with E-state index in [9.17, 15) is 0 Å². The largest absolute Gasteiger partial charge is 0.351 e. The first kappa shape index (κ1) is 20.6. The van der Waals surface area contributed by atoms with E-state index in [4.69, 9.17) is 9.97 Å². The van der Waals surface area contributed by atoms with Gasteiger partial charge in [-0.1, -0.05) is 60.7 Å². The summed E-state index contributed by atoms with van der Waals surface area (Å²) in [6.45, 7) is 4.08. The number of aromatic nitrogens is 6. The van der Waals surface area contributed by atoms with Crippen molar-refractivity contribution in [1.29, 1.82) is 0 Å². The van der Waals surface area contributed by atoms with Gasteiger partial charge >= 0.3 is 0 Å². The van der Waals surface area contributed by atoms with E-state index in [-0.39, 0.29) is 6.04 Å². The molecule has 0 aliphatic rings. The molecule has 3 heterocycles. The Kier molecular flexibility index (Phi) is 5.63. The quantitative estimate of drug-likeness (QED) is 0.383. The van der Waals surface area contributed by atoms with Gasteiger partial charge in [-0.15, -0.1) is 0 Å². The van der Waals surface area contributed by atoms with Gasteiger partial charge in [0.1, 0.15) is 12.1 Å². The maximum absolute atomic E-state index is 4.79. The van der Waals surface area contributed by atoms with Gasteiger partial charge < -0.3 is 10.6 Å². The number of nitrogens with one attached hydrogen (secondary N) is 2. The summed E-state index contributed by atoms with van der Waals surface area (Å²) < 4.78 is 1.67. The average Bonchev–Trinajstić information content (AvgIpc) is 3.31. The second-order valence-electron chi connectivity index (χ2n) is 7.95. The van der Waals surface area contributed by atoms with Gasteiger partial charge in [0.05, 0.1) is 5.69 Å². The van der Waals surface area contributed by atoms with Gasteiger partial charge in [0.25, 0.3) is 0 Å². The lowest BCUT2D eigenvalue weighted by Crippen LogP contribution is -2.20. The summed E-state index contributed by atoms with van der Waals surface area (Å²) in [5, 5.41) is 11.0. The Morgan fingerprint density at radius 2 is 1.70 bits per heavy atom. The normalized spacial score (nSPS) is 11.9. The molecule has 1 atom stereocenters. The molecule has 0 saturated carbocycles. The molecule has 2 aromatic carbocycles. The van der Waals surface area contributed by atoms with E-state index in [1.165, 1.54) is 11.9 Å². The third-order valence-corrected chi connectivity index (χ3v) is 5.30. The van der Waals surface area contributed by atoms with Crippen molar-refractivity contribution in [2.75, 3.05) is 10.6 Å². The van der Waals surface area contributed by atoms with Crippen LogP contribution in [0.2, 0.25) is 0 Å². The smallest absolute Gasteiger partial charge is 0.232 e. The molecule has 0 unspecified atom stereocenters. The Balaban J connectivity index is 1.42. The van der Waals surface area contributed by atoms with E-state index in [2.05, 4.69) is 44.8 Å². The Morgan fingerprint density at radius 3 is 2.48 bits per heavy atom. The van der Waals surface area contributed by atoms with Crippen molar-refractivity contribution in [2.45, 2.75) is 26.3 Å². The Bertz CT molecular complexity index is 1370. The highest BCUT2D eigenvalue weighted by Crippen LogP contribution is 2.23. The third kappa shape index (κ3) is 4.64. The highest BCUT2D eigenvalue weighted by atomic mass is 15.4. The van der Waals surface area contributed by atoms with Crippen LogP contribution in [0.5, 0.6) is 0 Å². The van der Waals surface area contributed by atoms with E-state index >= 15 is 0 Å². The van der Waals surface area contributed by atoms with Gasteiger partial charge in [-0.3, -0.25) is 0 Å². The molecule has 8 heteroatoms. The molecule has 0 fully saturated rings. The van der Waals surface area contributed by atoms with Crippen LogP contribution in [-0.4, -0.2) is 35.6 Å².